The van der Waals surface area contributed by atoms with E-state index in [0.29, 0.717) is 48.2 Å². The molecule has 0 aliphatic heterocycles. The van der Waals surface area contributed by atoms with Crippen LogP contribution in [0.25, 0.3) is 0 Å². The first-order chi connectivity index (χ1) is 9.45. The zero-order valence-electron chi connectivity index (χ0n) is 11.8. The molecule has 6 heteroatoms. The summed E-state index contributed by atoms with van der Waals surface area (Å²) in [6.07, 6.45) is 1.73. The van der Waals surface area contributed by atoms with Crippen molar-refractivity contribution < 1.29 is 9.53 Å². The number of benzene rings is 1. The molecule has 112 valence electrons. The molecule has 0 bridgehead atoms. The predicted octanol–water partition coefficient (Wildman–Crippen LogP) is 2.74. The van der Waals surface area contributed by atoms with Crippen molar-refractivity contribution in [2.45, 2.75) is 19.3 Å². The molecule has 1 amide bonds. The lowest BCUT2D eigenvalue weighted by Gasteiger charge is -2.14. The van der Waals surface area contributed by atoms with E-state index in [-0.39, 0.29) is 5.91 Å². The molecule has 2 N–H and O–H groups in total. The Bertz CT molecular complexity index is 465. The molecule has 0 saturated heterocycles. The van der Waals surface area contributed by atoms with Gasteiger partial charge in [0.1, 0.15) is 5.75 Å². The molecule has 0 fully saturated rings. The molecular formula is C14H20Cl2N2O2. The van der Waals surface area contributed by atoms with Crippen molar-refractivity contribution in [3.8, 4) is 5.75 Å². The second-order valence-corrected chi connectivity index (χ2v) is 5.50. The molecule has 0 aromatic heterocycles. The molecule has 0 atom stereocenters. The minimum atomic E-state index is 0.0815. The van der Waals surface area contributed by atoms with Gasteiger partial charge in [0.25, 0.3) is 0 Å². The lowest BCUT2D eigenvalue weighted by atomic mass is 10.1. The van der Waals surface area contributed by atoms with Gasteiger partial charge >= 0.3 is 0 Å². The van der Waals surface area contributed by atoms with Gasteiger partial charge in [-0.25, -0.2) is 0 Å². The van der Waals surface area contributed by atoms with Crippen LogP contribution in [0.15, 0.2) is 12.1 Å². The van der Waals surface area contributed by atoms with Gasteiger partial charge in [-0.1, -0.05) is 23.2 Å². The van der Waals surface area contributed by atoms with Crippen molar-refractivity contribution in [2.75, 3.05) is 27.2 Å². The lowest BCUT2D eigenvalue weighted by molar-refractivity contribution is -0.128. The van der Waals surface area contributed by atoms with Crippen molar-refractivity contribution in [3.05, 3.63) is 27.7 Å². The largest absolute Gasteiger partial charge is 0.492 e. The molecular weight excluding hydrogens is 299 g/mol. The van der Waals surface area contributed by atoms with Gasteiger partial charge in [0, 0.05) is 25.5 Å². The van der Waals surface area contributed by atoms with E-state index in [1.165, 1.54) is 0 Å². The third-order valence-electron chi connectivity index (χ3n) is 2.78. The number of carbonyl (C=O) groups is 1. The highest BCUT2D eigenvalue weighted by molar-refractivity contribution is 6.35. The topological polar surface area (TPSA) is 55.6 Å². The molecule has 0 aliphatic rings. The standard InChI is InChI=1S/C14H20Cl2N2O2/c1-18(2)13(19)4-3-7-20-14-10(5-6-17)8-11(15)9-12(14)16/h8-9H,3-7,17H2,1-2H3. The summed E-state index contributed by atoms with van der Waals surface area (Å²) in [5.74, 6) is 0.691. The van der Waals surface area contributed by atoms with Crippen LogP contribution < -0.4 is 10.5 Å². The van der Waals surface area contributed by atoms with Crippen LogP contribution >= 0.6 is 23.2 Å². The van der Waals surface area contributed by atoms with E-state index in [1.807, 2.05) is 0 Å². The summed E-state index contributed by atoms with van der Waals surface area (Å²) in [4.78, 5) is 13.0. The first-order valence-corrected chi connectivity index (χ1v) is 7.22. The van der Waals surface area contributed by atoms with Crippen LogP contribution in [0, 0.1) is 0 Å². The van der Waals surface area contributed by atoms with Crippen LogP contribution in [-0.2, 0) is 11.2 Å². The summed E-state index contributed by atoms with van der Waals surface area (Å²) in [7, 11) is 3.47. The predicted molar refractivity (Wildman–Crippen MR) is 82.6 cm³/mol. The SMILES string of the molecule is CN(C)C(=O)CCCOc1c(Cl)cc(Cl)cc1CCN. The number of carbonyl (C=O) groups excluding carboxylic acids is 1. The number of rotatable bonds is 7. The van der Waals surface area contributed by atoms with Gasteiger partial charge in [0.2, 0.25) is 5.91 Å². The highest BCUT2D eigenvalue weighted by Gasteiger charge is 2.11. The van der Waals surface area contributed by atoms with Gasteiger partial charge in [-0.15, -0.1) is 0 Å². The molecule has 20 heavy (non-hydrogen) atoms. The summed E-state index contributed by atoms with van der Waals surface area (Å²) in [6.45, 7) is 0.921. The van der Waals surface area contributed by atoms with Crippen molar-refractivity contribution in [1.82, 2.24) is 4.90 Å². The normalized spacial score (nSPS) is 10.4. The average Bonchev–Trinajstić information content (AvgIpc) is 2.36. The molecule has 0 radical (unpaired) electrons. The van der Waals surface area contributed by atoms with Gasteiger partial charge < -0.3 is 15.4 Å². The fourth-order valence-electron chi connectivity index (χ4n) is 1.74. The molecule has 0 saturated carbocycles. The summed E-state index contributed by atoms with van der Waals surface area (Å²) < 4.78 is 5.69. The Morgan fingerprint density at radius 3 is 2.65 bits per heavy atom. The second kappa shape index (κ2) is 8.35. The fourth-order valence-corrected chi connectivity index (χ4v) is 2.33. The van der Waals surface area contributed by atoms with E-state index in [1.54, 1.807) is 31.1 Å². The summed E-state index contributed by atoms with van der Waals surface area (Å²) in [6, 6.07) is 3.45. The lowest BCUT2D eigenvalue weighted by Crippen LogP contribution is -2.21. The Morgan fingerprint density at radius 2 is 2.05 bits per heavy atom. The number of hydrogen-bond donors (Lipinski definition) is 1. The van der Waals surface area contributed by atoms with Gasteiger partial charge in [-0.3, -0.25) is 4.79 Å². The van der Waals surface area contributed by atoms with Crippen molar-refractivity contribution in [2.24, 2.45) is 5.73 Å². The molecule has 1 aromatic carbocycles. The quantitative estimate of drug-likeness (QED) is 0.786. The van der Waals surface area contributed by atoms with Crippen LogP contribution in [0.4, 0.5) is 0 Å². The maximum absolute atomic E-state index is 11.4. The average molecular weight is 319 g/mol. The van der Waals surface area contributed by atoms with Crippen LogP contribution in [0.2, 0.25) is 10.0 Å². The monoisotopic (exact) mass is 318 g/mol. The maximum Gasteiger partial charge on any atom is 0.222 e. The Balaban J connectivity index is 2.61. The van der Waals surface area contributed by atoms with E-state index >= 15 is 0 Å². The minimum absolute atomic E-state index is 0.0815. The third-order valence-corrected chi connectivity index (χ3v) is 3.28. The van der Waals surface area contributed by atoms with Crippen LogP contribution in [0.1, 0.15) is 18.4 Å². The number of ether oxygens (including phenoxy) is 1. The third kappa shape index (κ3) is 5.19. The smallest absolute Gasteiger partial charge is 0.222 e. The fraction of sp³-hybridized carbons (Fsp3) is 0.500. The summed E-state index contributed by atoms with van der Waals surface area (Å²) in [5, 5.41) is 1.04. The zero-order valence-corrected chi connectivity index (χ0v) is 13.3. The molecule has 0 heterocycles. The Morgan fingerprint density at radius 1 is 1.35 bits per heavy atom. The highest BCUT2D eigenvalue weighted by atomic mass is 35.5. The number of nitrogens with zero attached hydrogens (tertiary/aromatic N) is 1. The number of nitrogens with two attached hydrogens (primary N) is 1. The summed E-state index contributed by atoms with van der Waals surface area (Å²) >= 11 is 12.1. The van der Waals surface area contributed by atoms with Crippen molar-refractivity contribution >= 4 is 29.1 Å². The Hall–Kier alpha value is -0.970. The molecule has 0 aliphatic carbocycles. The van der Waals surface area contributed by atoms with E-state index in [0.717, 1.165) is 5.56 Å². The van der Waals surface area contributed by atoms with Crippen LogP contribution in [0.3, 0.4) is 0 Å². The zero-order chi connectivity index (χ0) is 15.1. The van der Waals surface area contributed by atoms with E-state index < -0.39 is 0 Å². The first kappa shape index (κ1) is 17.1. The second-order valence-electron chi connectivity index (χ2n) is 4.65. The van der Waals surface area contributed by atoms with Crippen molar-refractivity contribution in [3.63, 3.8) is 0 Å². The molecule has 1 rings (SSSR count). The van der Waals surface area contributed by atoms with Gasteiger partial charge in [0.15, 0.2) is 0 Å². The molecule has 0 unspecified atom stereocenters. The van der Waals surface area contributed by atoms with E-state index in [4.69, 9.17) is 33.7 Å². The highest BCUT2D eigenvalue weighted by Crippen LogP contribution is 2.32. The molecule has 1 aromatic rings. The minimum Gasteiger partial charge on any atom is -0.492 e. The van der Waals surface area contributed by atoms with E-state index in [9.17, 15) is 4.79 Å². The Labute approximate surface area is 129 Å². The maximum atomic E-state index is 11.4. The molecule has 4 nitrogen and oxygen atoms in total. The number of amides is 1. The van der Waals surface area contributed by atoms with Crippen LogP contribution in [0.5, 0.6) is 5.75 Å². The Kier molecular flexibility index (Phi) is 7.13. The van der Waals surface area contributed by atoms with Gasteiger partial charge in [0.05, 0.1) is 11.6 Å². The molecule has 0 spiro atoms. The van der Waals surface area contributed by atoms with Gasteiger partial charge in [-0.05, 0) is 37.1 Å². The van der Waals surface area contributed by atoms with E-state index in [2.05, 4.69) is 0 Å². The van der Waals surface area contributed by atoms with Crippen molar-refractivity contribution in [1.29, 1.82) is 0 Å². The van der Waals surface area contributed by atoms with Crippen LogP contribution in [-0.4, -0.2) is 38.1 Å². The van der Waals surface area contributed by atoms with Gasteiger partial charge in [-0.2, -0.15) is 0 Å². The number of halogens is 2. The first-order valence-electron chi connectivity index (χ1n) is 6.46. The number of hydrogen-bond acceptors (Lipinski definition) is 3. The summed E-state index contributed by atoms with van der Waals surface area (Å²) in [5.41, 5.74) is 6.46.